The summed E-state index contributed by atoms with van der Waals surface area (Å²) in [6.45, 7) is 2.36. The SMILES string of the molecule is CCn1nccc1C(O)c1c(F)cccc1F. The van der Waals surface area contributed by atoms with Crippen molar-refractivity contribution in [3.05, 3.63) is 53.4 Å². The zero-order valence-electron chi connectivity index (χ0n) is 9.27. The Balaban J connectivity index is 2.47. The Labute approximate surface area is 97.3 Å². The molecule has 1 heterocycles. The first kappa shape index (κ1) is 11.7. The van der Waals surface area contributed by atoms with Crippen molar-refractivity contribution in [2.75, 3.05) is 0 Å². The molecule has 17 heavy (non-hydrogen) atoms. The summed E-state index contributed by atoms with van der Waals surface area (Å²) in [4.78, 5) is 0. The number of hydrogen-bond donors (Lipinski definition) is 1. The van der Waals surface area contributed by atoms with Crippen LogP contribution in [-0.4, -0.2) is 14.9 Å². The van der Waals surface area contributed by atoms with Gasteiger partial charge in [-0.15, -0.1) is 0 Å². The molecule has 0 fully saturated rings. The number of hydrogen-bond acceptors (Lipinski definition) is 2. The van der Waals surface area contributed by atoms with Crippen LogP contribution in [0.3, 0.4) is 0 Å². The fourth-order valence-electron chi connectivity index (χ4n) is 1.76. The van der Waals surface area contributed by atoms with Gasteiger partial charge < -0.3 is 5.11 Å². The summed E-state index contributed by atoms with van der Waals surface area (Å²) >= 11 is 0. The van der Waals surface area contributed by atoms with Gasteiger partial charge in [0.05, 0.1) is 11.3 Å². The van der Waals surface area contributed by atoms with Crippen LogP contribution in [0.1, 0.15) is 24.3 Å². The van der Waals surface area contributed by atoms with E-state index in [0.717, 1.165) is 12.1 Å². The Hall–Kier alpha value is -1.75. The van der Waals surface area contributed by atoms with E-state index in [4.69, 9.17) is 0 Å². The second-order valence-electron chi connectivity index (χ2n) is 3.61. The van der Waals surface area contributed by atoms with E-state index in [1.165, 1.54) is 16.9 Å². The Morgan fingerprint density at radius 1 is 1.29 bits per heavy atom. The molecule has 0 aliphatic heterocycles. The topological polar surface area (TPSA) is 38.0 Å². The molecular formula is C12H12F2N2O. The number of halogens is 2. The van der Waals surface area contributed by atoms with Crippen molar-refractivity contribution in [2.45, 2.75) is 19.6 Å². The van der Waals surface area contributed by atoms with Gasteiger partial charge in [0.2, 0.25) is 0 Å². The number of aliphatic hydroxyl groups is 1. The fraction of sp³-hybridized carbons (Fsp3) is 0.250. The van der Waals surface area contributed by atoms with E-state index in [0.29, 0.717) is 12.2 Å². The first-order valence-corrected chi connectivity index (χ1v) is 5.28. The highest BCUT2D eigenvalue weighted by Gasteiger charge is 2.22. The molecule has 2 rings (SSSR count). The molecule has 0 radical (unpaired) electrons. The maximum absolute atomic E-state index is 13.5. The van der Waals surface area contributed by atoms with E-state index in [1.807, 2.05) is 6.92 Å². The normalized spacial score (nSPS) is 12.7. The lowest BCUT2D eigenvalue weighted by molar-refractivity contribution is 0.197. The predicted molar refractivity (Wildman–Crippen MR) is 58.3 cm³/mol. The van der Waals surface area contributed by atoms with Gasteiger partial charge in [0.1, 0.15) is 17.7 Å². The molecule has 5 heteroatoms. The van der Waals surface area contributed by atoms with Crippen LogP contribution in [0, 0.1) is 11.6 Å². The van der Waals surface area contributed by atoms with Gasteiger partial charge in [0, 0.05) is 12.7 Å². The summed E-state index contributed by atoms with van der Waals surface area (Å²) in [5.41, 5.74) is 0.0270. The summed E-state index contributed by atoms with van der Waals surface area (Å²) < 4.78 is 28.5. The Kier molecular flexibility index (Phi) is 3.19. The largest absolute Gasteiger partial charge is 0.382 e. The van der Waals surface area contributed by atoms with Crippen LogP contribution in [0.2, 0.25) is 0 Å². The summed E-state index contributed by atoms with van der Waals surface area (Å²) in [6.07, 6.45) is 0.138. The molecule has 0 aliphatic rings. The van der Waals surface area contributed by atoms with Crippen molar-refractivity contribution in [1.82, 2.24) is 9.78 Å². The van der Waals surface area contributed by atoms with Crippen molar-refractivity contribution in [2.24, 2.45) is 0 Å². The smallest absolute Gasteiger partial charge is 0.132 e. The predicted octanol–water partition coefficient (Wildman–Crippen LogP) is 2.26. The van der Waals surface area contributed by atoms with Crippen molar-refractivity contribution in [3.63, 3.8) is 0 Å². The molecule has 0 aliphatic carbocycles. The van der Waals surface area contributed by atoms with Gasteiger partial charge in [0.15, 0.2) is 0 Å². The van der Waals surface area contributed by atoms with E-state index in [1.54, 1.807) is 6.07 Å². The zero-order valence-corrected chi connectivity index (χ0v) is 9.27. The van der Waals surface area contributed by atoms with Gasteiger partial charge in [0.25, 0.3) is 0 Å². The average Bonchev–Trinajstić information content (AvgIpc) is 2.76. The Bertz CT molecular complexity index is 505. The minimum Gasteiger partial charge on any atom is -0.382 e. The second kappa shape index (κ2) is 4.63. The van der Waals surface area contributed by atoms with E-state index in [-0.39, 0.29) is 5.56 Å². The number of aryl methyl sites for hydroxylation is 1. The first-order valence-electron chi connectivity index (χ1n) is 5.28. The molecule has 0 bridgehead atoms. The molecule has 3 nitrogen and oxygen atoms in total. The van der Waals surface area contributed by atoms with Gasteiger partial charge in [-0.25, -0.2) is 8.78 Å². The Morgan fingerprint density at radius 3 is 2.53 bits per heavy atom. The standard InChI is InChI=1S/C12H12F2N2O/c1-2-16-10(6-7-15-16)12(17)11-8(13)4-3-5-9(11)14/h3-7,12,17H,2H2,1H3. The molecule has 0 saturated carbocycles. The molecule has 1 aromatic heterocycles. The molecule has 1 atom stereocenters. The van der Waals surface area contributed by atoms with E-state index >= 15 is 0 Å². The molecule has 0 saturated heterocycles. The summed E-state index contributed by atoms with van der Waals surface area (Å²) in [5.74, 6) is -1.53. The highest BCUT2D eigenvalue weighted by atomic mass is 19.1. The zero-order chi connectivity index (χ0) is 12.4. The third kappa shape index (κ3) is 2.06. The quantitative estimate of drug-likeness (QED) is 0.890. The van der Waals surface area contributed by atoms with Crippen LogP contribution in [0.4, 0.5) is 8.78 Å². The third-order valence-corrected chi connectivity index (χ3v) is 2.60. The number of nitrogens with zero attached hydrogens (tertiary/aromatic N) is 2. The van der Waals surface area contributed by atoms with Crippen LogP contribution in [0.5, 0.6) is 0 Å². The molecule has 0 amide bonds. The molecule has 90 valence electrons. The van der Waals surface area contributed by atoms with Crippen molar-refractivity contribution in [3.8, 4) is 0 Å². The maximum atomic E-state index is 13.5. The van der Waals surface area contributed by atoms with Gasteiger partial charge in [-0.2, -0.15) is 5.10 Å². The molecular weight excluding hydrogens is 226 g/mol. The number of aliphatic hydroxyl groups excluding tert-OH is 1. The lowest BCUT2D eigenvalue weighted by Crippen LogP contribution is -2.12. The molecule has 2 aromatic rings. The van der Waals surface area contributed by atoms with Gasteiger partial charge in [-0.1, -0.05) is 6.07 Å². The first-order chi connectivity index (χ1) is 8.15. The highest BCUT2D eigenvalue weighted by molar-refractivity contribution is 5.28. The van der Waals surface area contributed by atoms with Crippen molar-refractivity contribution < 1.29 is 13.9 Å². The monoisotopic (exact) mass is 238 g/mol. The van der Waals surface area contributed by atoms with Crippen LogP contribution in [0.25, 0.3) is 0 Å². The fourth-order valence-corrected chi connectivity index (χ4v) is 1.76. The summed E-state index contributed by atoms with van der Waals surface area (Å²) in [7, 11) is 0. The van der Waals surface area contributed by atoms with Crippen molar-refractivity contribution >= 4 is 0 Å². The van der Waals surface area contributed by atoms with Gasteiger partial charge in [-0.3, -0.25) is 4.68 Å². The lowest BCUT2D eigenvalue weighted by atomic mass is 10.1. The number of rotatable bonds is 3. The van der Waals surface area contributed by atoms with E-state index in [9.17, 15) is 13.9 Å². The highest BCUT2D eigenvalue weighted by Crippen LogP contribution is 2.26. The van der Waals surface area contributed by atoms with E-state index in [2.05, 4.69) is 5.10 Å². The second-order valence-corrected chi connectivity index (χ2v) is 3.61. The van der Waals surface area contributed by atoms with Crippen LogP contribution >= 0.6 is 0 Å². The van der Waals surface area contributed by atoms with Crippen LogP contribution in [0.15, 0.2) is 30.5 Å². The minimum atomic E-state index is -1.35. The number of aromatic nitrogens is 2. The van der Waals surface area contributed by atoms with Crippen molar-refractivity contribution in [1.29, 1.82) is 0 Å². The minimum absolute atomic E-state index is 0.345. The average molecular weight is 238 g/mol. The van der Waals surface area contributed by atoms with Gasteiger partial charge in [-0.05, 0) is 25.1 Å². The molecule has 1 N–H and O–H groups in total. The van der Waals surface area contributed by atoms with E-state index < -0.39 is 17.7 Å². The molecule has 1 aromatic carbocycles. The van der Waals surface area contributed by atoms with Gasteiger partial charge >= 0.3 is 0 Å². The molecule has 1 unspecified atom stereocenters. The third-order valence-electron chi connectivity index (χ3n) is 2.60. The van der Waals surface area contributed by atoms with Crippen LogP contribution < -0.4 is 0 Å². The number of benzene rings is 1. The lowest BCUT2D eigenvalue weighted by Gasteiger charge is -2.14. The maximum Gasteiger partial charge on any atom is 0.132 e. The summed E-state index contributed by atoms with van der Waals surface area (Å²) in [6, 6.07) is 5.04. The molecule has 0 spiro atoms. The summed E-state index contributed by atoms with van der Waals surface area (Å²) in [5, 5.41) is 14.0. The van der Waals surface area contributed by atoms with Crippen LogP contribution in [-0.2, 0) is 6.54 Å². The Morgan fingerprint density at radius 2 is 1.94 bits per heavy atom.